The lowest BCUT2D eigenvalue weighted by Crippen LogP contribution is -2.47. The van der Waals surface area contributed by atoms with Crippen molar-refractivity contribution in [1.82, 2.24) is 24.6 Å². The summed E-state index contributed by atoms with van der Waals surface area (Å²) in [5.41, 5.74) is 0.544. The van der Waals surface area contributed by atoms with Crippen LogP contribution < -0.4 is 4.72 Å². The summed E-state index contributed by atoms with van der Waals surface area (Å²) in [6.07, 6.45) is 5.44. The average molecular weight is 484 g/mol. The number of aliphatic hydroxyl groups excluding tert-OH is 1. The summed E-state index contributed by atoms with van der Waals surface area (Å²) in [5, 5.41) is 18.3. The molecule has 4 atom stereocenters. The molecule has 33 heavy (non-hydrogen) atoms. The van der Waals surface area contributed by atoms with Crippen molar-refractivity contribution in [3.05, 3.63) is 11.9 Å². The van der Waals surface area contributed by atoms with Gasteiger partial charge in [0, 0.05) is 31.1 Å². The van der Waals surface area contributed by atoms with E-state index in [1.807, 2.05) is 33.9 Å². The molecule has 4 rings (SSSR count). The van der Waals surface area contributed by atoms with Gasteiger partial charge in [-0.1, -0.05) is 32.9 Å². The number of rotatable bonds is 5. The zero-order valence-corrected chi connectivity index (χ0v) is 21.0. The third-order valence-electron chi connectivity index (χ3n) is 6.45. The number of nitrogens with zero attached hydrogens (tertiary/aromatic N) is 4. The van der Waals surface area contributed by atoms with Gasteiger partial charge in [0.1, 0.15) is 6.04 Å². The second-order valence-corrected chi connectivity index (χ2v) is 12.4. The molecule has 1 saturated carbocycles. The molecule has 3 aliphatic rings. The summed E-state index contributed by atoms with van der Waals surface area (Å²) < 4.78 is 25.6. The Morgan fingerprint density at radius 3 is 2.39 bits per heavy atom. The van der Waals surface area contributed by atoms with E-state index in [0.717, 1.165) is 31.4 Å². The number of carbonyl (C=O) groups excluding carboxylic acids is 2. The molecule has 0 radical (unpaired) electrons. The molecule has 186 valence electrons. The van der Waals surface area contributed by atoms with Crippen LogP contribution >= 0.6 is 0 Å². The fraction of sp³-hybridized carbons (Fsp3) is 0.818. The van der Waals surface area contributed by atoms with Crippen molar-refractivity contribution in [2.45, 2.75) is 96.9 Å². The smallest absolute Gasteiger partial charge is 0.248 e. The van der Waals surface area contributed by atoms with Crippen LogP contribution in [0.1, 0.15) is 84.4 Å². The maximum atomic E-state index is 13.2. The molecule has 0 spiro atoms. The molecule has 2 saturated heterocycles. The minimum Gasteiger partial charge on any atom is -0.391 e. The number of aromatic nitrogens is 3. The summed E-state index contributed by atoms with van der Waals surface area (Å²) in [5.74, 6) is 0.510. The third kappa shape index (κ3) is 6.39. The van der Waals surface area contributed by atoms with Crippen molar-refractivity contribution in [2.24, 2.45) is 5.41 Å². The second-order valence-electron chi connectivity index (χ2n) is 10.5. The molecule has 4 unspecified atom stereocenters. The highest BCUT2D eigenvalue weighted by Gasteiger charge is 2.44. The monoisotopic (exact) mass is 483 g/mol. The molecule has 3 heterocycles. The van der Waals surface area contributed by atoms with Crippen molar-refractivity contribution in [1.29, 1.82) is 0 Å². The van der Waals surface area contributed by atoms with Crippen LogP contribution in [-0.4, -0.2) is 75.6 Å². The zero-order chi connectivity index (χ0) is 24.6. The fourth-order valence-corrected chi connectivity index (χ4v) is 5.92. The van der Waals surface area contributed by atoms with E-state index in [4.69, 9.17) is 0 Å². The van der Waals surface area contributed by atoms with Gasteiger partial charge in [0.25, 0.3) is 0 Å². The summed E-state index contributed by atoms with van der Waals surface area (Å²) in [6, 6.07) is -0.900. The molecule has 1 aromatic rings. The molecule has 2 aliphatic heterocycles. The summed E-state index contributed by atoms with van der Waals surface area (Å²) in [7, 11) is -2.86. The Bertz CT molecular complexity index is 966. The Kier molecular flexibility index (Phi) is 7.65. The van der Waals surface area contributed by atoms with Gasteiger partial charge < -0.3 is 10.0 Å². The van der Waals surface area contributed by atoms with Crippen LogP contribution in [0.4, 0.5) is 0 Å². The Morgan fingerprint density at radius 1 is 1.27 bits per heavy atom. The van der Waals surface area contributed by atoms with Crippen molar-refractivity contribution < 1.29 is 23.1 Å². The normalized spacial score (nSPS) is 27.7. The molecule has 10 nitrogen and oxygen atoms in total. The first-order chi connectivity index (χ1) is 15.3. The van der Waals surface area contributed by atoms with Crippen molar-refractivity contribution >= 4 is 21.7 Å². The van der Waals surface area contributed by atoms with Crippen LogP contribution in [0.15, 0.2) is 6.20 Å². The minimum atomic E-state index is -2.86. The number of amides is 1. The third-order valence-corrected chi connectivity index (χ3v) is 7.91. The van der Waals surface area contributed by atoms with Gasteiger partial charge in [-0.3, -0.25) is 9.59 Å². The highest BCUT2D eigenvalue weighted by Crippen LogP contribution is 2.40. The van der Waals surface area contributed by atoms with E-state index in [2.05, 4.69) is 15.0 Å². The predicted molar refractivity (Wildman–Crippen MR) is 123 cm³/mol. The van der Waals surface area contributed by atoms with E-state index in [9.17, 15) is 23.1 Å². The number of ketones is 1. The van der Waals surface area contributed by atoms with Gasteiger partial charge in [0.05, 0.1) is 23.6 Å². The predicted octanol–water partition coefficient (Wildman–Crippen LogP) is 1.38. The van der Waals surface area contributed by atoms with E-state index in [-0.39, 0.29) is 29.7 Å². The number of hydrogen-bond donors (Lipinski definition) is 2. The van der Waals surface area contributed by atoms with Crippen LogP contribution in [0.3, 0.4) is 0 Å². The van der Waals surface area contributed by atoms with Gasteiger partial charge in [-0.05, 0) is 38.0 Å². The summed E-state index contributed by atoms with van der Waals surface area (Å²) >= 11 is 0. The van der Waals surface area contributed by atoms with E-state index < -0.39 is 28.2 Å². The molecule has 0 bridgehead atoms. The molecule has 2 N–H and O–H groups in total. The standard InChI is InChI=1S/C17H26N4O3.C5H11NO2S/c1-10(22)14-7-12(23)8-20(14)16(24)15(17(2,3)4)21-9-13(18-19-21)11-5-6-11;1-2-5-3-4-9(7,8)6-5/h9,11-12,14-15,23H,5-8H2,1-4H3;5-6H,2-4H2,1H3. The summed E-state index contributed by atoms with van der Waals surface area (Å²) in [6.45, 7) is 9.57. The lowest BCUT2D eigenvalue weighted by Gasteiger charge is -2.34. The maximum Gasteiger partial charge on any atom is 0.248 e. The second kappa shape index (κ2) is 9.79. The zero-order valence-electron chi connectivity index (χ0n) is 20.2. The number of aliphatic hydroxyl groups is 1. The maximum absolute atomic E-state index is 13.2. The molecule has 1 aromatic heterocycles. The number of likely N-dealkylation sites (tertiary alicyclic amines) is 1. The van der Waals surface area contributed by atoms with Crippen LogP contribution in [0.25, 0.3) is 0 Å². The SMILES string of the molecule is CC(=O)C1CC(O)CN1C(=O)C(n1cc(C2CC2)nn1)C(C)(C)C.CCC1CCS(=O)(=O)N1. The Morgan fingerprint density at radius 2 is 1.94 bits per heavy atom. The first kappa shape index (κ1) is 25.8. The lowest BCUT2D eigenvalue weighted by atomic mass is 9.85. The number of hydrogen-bond acceptors (Lipinski definition) is 7. The van der Waals surface area contributed by atoms with Crippen molar-refractivity contribution in [2.75, 3.05) is 12.3 Å². The number of nitrogens with one attached hydrogen (secondary N) is 1. The quantitative estimate of drug-likeness (QED) is 0.646. The van der Waals surface area contributed by atoms with E-state index in [1.165, 1.54) is 11.8 Å². The molecule has 11 heteroatoms. The number of sulfonamides is 1. The van der Waals surface area contributed by atoms with Gasteiger partial charge >= 0.3 is 0 Å². The van der Waals surface area contributed by atoms with E-state index >= 15 is 0 Å². The largest absolute Gasteiger partial charge is 0.391 e. The Balaban J connectivity index is 0.000000286. The topological polar surface area (TPSA) is 134 Å². The van der Waals surface area contributed by atoms with Crippen LogP contribution in [-0.2, 0) is 19.6 Å². The Labute approximate surface area is 196 Å². The van der Waals surface area contributed by atoms with E-state index in [1.54, 1.807) is 4.68 Å². The molecular weight excluding hydrogens is 446 g/mol. The van der Waals surface area contributed by atoms with Crippen LogP contribution in [0, 0.1) is 5.41 Å². The van der Waals surface area contributed by atoms with Crippen molar-refractivity contribution in [3.8, 4) is 0 Å². The van der Waals surface area contributed by atoms with Gasteiger partial charge in [0.2, 0.25) is 15.9 Å². The molecular formula is C22H37N5O5S. The number of Topliss-reactive ketones (excluding diaryl/α,β-unsaturated/α-hetero) is 1. The first-order valence-corrected chi connectivity index (χ1v) is 13.4. The highest BCUT2D eigenvalue weighted by molar-refractivity contribution is 7.89. The van der Waals surface area contributed by atoms with Gasteiger partial charge in [-0.2, -0.15) is 0 Å². The van der Waals surface area contributed by atoms with Gasteiger partial charge in [-0.15, -0.1) is 5.10 Å². The fourth-order valence-electron chi connectivity index (χ4n) is 4.42. The lowest BCUT2D eigenvalue weighted by molar-refractivity contribution is -0.143. The van der Waals surface area contributed by atoms with E-state index in [0.29, 0.717) is 18.1 Å². The minimum absolute atomic E-state index is 0.0928. The molecule has 0 aromatic carbocycles. The van der Waals surface area contributed by atoms with Gasteiger partial charge in [0.15, 0.2) is 5.78 Å². The first-order valence-electron chi connectivity index (χ1n) is 11.7. The van der Waals surface area contributed by atoms with Crippen molar-refractivity contribution in [3.63, 3.8) is 0 Å². The number of β-amino-alcohol motifs (C(OH)–C–C–N with tert-alkyl or cyclic N) is 1. The Hall–Kier alpha value is -1.85. The highest BCUT2D eigenvalue weighted by atomic mass is 32.2. The molecule has 1 aliphatic carbocycles. The van der Waals surface area contributed by atoms with Gasteiger partial charge in [-0.25, -0.2) is 17.8 Å². The molecule has 3 fully saturated rings. The average Bonchev–Trinajstić information content (AvgIpc) is 3.13. The summed E-state index contributed by atoms with van der Waals surface area (Å²) in [4.78, 5) is 26.6. The van der Waals surface area contributed by atoms with Crippen LogP contribution in [0.5, 0.6) is 0 Å². The molecule has 1 amide bonds. The number of carbonyl (C=O) groups is 2. The van der Waals surface area contributed by atoms with Crippen LogP contribution in [0.2, 0.25) is 0 Å².